The van der Waals surface area contributed by atoms with Gasteiger partial charge in [-0.05, 0) is 39.7 Å². The second-order valence-electron chi connectivity index (χ2n) is 6.36. The number of nitro groups is 1. The zero-order valence-corrected chi connectivity index (χ0v) is 13.1. The Morgan fingerprint density at radius 3 is 2.45 bits per heavy atom. The van der Waals surface area contributed by atoms with E-state index in [-0.39, 0.29) is 23.1 Å². The van der Waals surface area contributed by atoms with E-state index in [1.54, 1.807) is 14.0 Å². The summed E-state index contributed by atoms with van der Waals surface area (Å²) >= 11 is 0. The third kappa shape index (κ3) is 2.37. The first kappa shape index (κ1) is 15.0. The minimum Gasteiger partial charge on any atom is -0.348 e. The van der Waals surface area contributed by atoms with Crippen LogP contribution in [0.5, 0.6) is 0 Å². The average Bonchev–Trinajstić information content (AvgIpc) is 2.81. The molecule has 2 bridgehead atoms. The molecule has 8 nitrogen and oxygen atoms in total. The monoisotopic (exact) mass is 307 g/mol. The van der Waals surface area contributed by atoms with E-state index in [4.69, 9.17) is 0 Å². The molecule has 3 rings (SSSR count). The van der Waals surface area contributed by atoms with Crippen molar-refractivity contribution in [3.8, 4) is 0 Å². The number of hydrogen-bond donors (Lipinski definition) is 1. The smallest absolute Gasteiger partial charge is 0.322 e. The molecule has 2 fully saturated rings. The van der Waals surface area contributed by atoms with Gasteiger partial charge < -0.3 is 10.2 Å². The lowest BCUT2D eigenvalue weighted by Gasteiger charge is -2.36. The molecule has 1 aromatic heterocycles. The molecule has 1 aromatic rings. The van der Waals surface area contributed by atoms with Gasteiger partial charge in [0.1, 0.15) is 5.69 Å². The zero-order valence-electron chi connectivity index (χ0n) is 13.1. The van der Waals surface area contributed by atoms with E-state index in [1.807, 2.05) is 0 Å². The van der Waals surface area contributed by atoms with Gasteiger partial charge in [0.25, 0.3) is 5.91 Å². The maximum Gasteiger partial charge on any atom is 0.322 e. The van der Waals surface area contributed by atoms with Crippen LogP contribution >= 0.6 is 0 Å². The number of carbonyl (C=O) groups excluding carboxylic acids is 1. The van der Waals surface area contributed by atoms with Crippen LogP contribution in [0.4, 0.5) is 5.69 Å². The molecule has 3 heterocycles. The first-order valence-electron chi connectivity index (χ1n) is 7.59. The lowest BCUT2D eigenvalue weighted by atomic mass is 9.98. The molecule has 0 aliphatic carbocycles. The fourth-order valence-corrected chi connectivity index (χ4v) is 3.90. The van der Waals surface area contributed by atoms with Gasteiger partial charge in [-0.3, -0.25) is 19.6 Å². The van der Waals surface area contributed by atoms with E-state index >= 15 is 0 Å². The van der Waals surface area contributed by atoms with Gasteiger partial charge >= 0.3 is 5.69 Å². The van der Waals surface area contributed by atoms with Crippen LogP contribution in [0.1, 0.15) is 41.9 Å². The van der Waals surface area contributed by atoms with Gasteiger partial charge in [-0.25, -0.2) is 0 Å². The molecule has 2 saturated heterocycles. The minimum absolute atomic E-state index is 0.0359. The van der Waals surface area contributed by atoms with Crippen molar-refractivity contribution in [2.24, 2.45) is 7.05 Å². The van der Waals surface area contributed by atoms with Gasteiger partial charge in [-0.15, -0.1) is 0 Å². The van der Waals surface area contributed by atoms with E-state index in [1.165, 1.54) is 17.5 Å². The molecule has 0 aromatic carbocycles. The van der Waals surface area contributed by atoms with Gasteiger partial charge in [0, 0.05) is 25.2 Å². The standard InChI is InChI=1S/C14H21N5O3/c1-8-12(19(21)22)13(18(3)16-8)14(20)15-9-6-10-4-5-11(7-9)17(10)2/h9-11H,4-7H2,1-3H3,(H,15,20). The number of aromatic nitrogens is 2. The summed E-state index contributed by atoms with van der Waals surface area (Å²) in [5.41, 5.74) is 0.103. The summed E-state index contributed by atoms with van der Waals surface area (Å²) in [6.07, 6.45) is 4.14. The number of aryl methyl sites for hydroxylation is 2. The van der Waals surface area contributed by atoms with Gasteiger partial charge in [-0.2, -0.15) is 5.10 Å². The Balaban J connectivity index is 1.77. The Hall–Kier alpha value is -1.96. The van der Waals surface area contributed by atoms with Crippen LogP contribution in [-0.2, 0) is 7.05 Å². The van der Waals surface area contributed by atoms with Crippen LogP contribution in [0.25, 0.3) is 0 Å². The molecule has 120 valence electrons. The largest absolute Gasteiger partial charge is 0.348 e. The van der Waals surface area contributed by atoms with Crippen LogP contribution in [0, 0.1) is 17.0 Å². The molecule has 2 aliphatic rings. The second-order valence-corrected chi connectivity index (χ2v) is 6.36. The summed E-state index contributed by atoms with van der Waals surface area (Å²) in [5.74, 6) is -0.399. The summed E-state index contributed by atoms with van der Waals surface area (Å²) in [7, 11) is 3.70. The molecular formula is C14H21N5O3. The summed E-state index contributed by atoms with van der Waals surface area (Å²) in [6.45, 7) is 1.55. The Bertz CT molecular complexity index is 612. The highest BCUT2D eigenvalue weighted by atomic mass is 16.6. The number of piperidine rings is 1. The first-order valence-corrected chi connectivity index (χ1v) is 7.59. The Labute approximate surface area is 128 Å². The average molecular weight is 307 g/mol. The van der Waals surface area contributed by atoms with E-state index in [0.29, 0.717) is 12.1 Å². The second kappa shape index (κ2) is 5.35. The molecule has 0 saturated carbocycles. The summed E-state index contributed by atoms with van der Waals surface area (Å²) in [4.78, 5) is 25.5. The molecule has 8 heteroatoms. The molecule has 1 N–H and O–H groups in total. The van der Waals surface area contributed by atoms with Crippen molar-refractivity contribution >= 4 is 11.6 Å². The number of rotatable bonds is 3. The van der Waals surface area contributed by atoms with Gasteiger partial charge in [0.2, 0.25) is 5.69 Å². The molecule has 22 heavy (non-hydrogen) atoms. The molecule has 0 radical (unpaired) electrons. The minimum atomic E-state index is -0.532. The number of fused-ring (bicyclic) bond motifs is 2. The lowest BCUT2D eigenvalue weighted by molar-refractivity contribution is -0.385. The third-order valence-corrected chi connectivity index (χ3v) is 5.02. The number of hydrogen-bond acceptors (Lipinski definition) is 5. The highest BCUT2D eigenvalue weighted by Crippen LogP contribution is 2.34. The van der Waals surface area contributed by atoms with Gasteiger partial charge in [-0.1, -0.05) is 0 Å². The number of nitrogens with zero attached hydrogens (tertiary/aromatic N) is 4. The van der Waals surface area contributed by atoms with E-state index in [9.17, 15) is 14.9 Å². The van der Waals surface area contributed by atoms with Crippen LogP contribution < -0.4 is 5.32 Å². The number of nitrogens with one attached hydrogen (secondary N) is 1. The van der Waals surface area contributed by atoms with Gasteiger partial charge in [0.15, 0.2) is 0 Å². The van der Waals surface area contributed by atoms with Crippen LogP contribution in [0.15, 0.2) is 0 Å². The first-order chi connectivity index (χ1) is 10.4. The normalized spacial score (nSPS) is 27.9. The molecule has 2 unspecified atom stereocenters. The van der Waals surface area contributed by atoms with Crippen molar-refractivity contribution in [3.63, 3.8) is 0 Å². The number of carbonyl (C=O) groups is 1. The summed E-state index contributed by atoms with van der Waals surface area (Å²) in [5, 5.41) is 18.2. The molecule has 2 aliphatic heterocycles. The van der Waals surface area contributed by atoms with Crippen molar-refractivity contribution in [2.75, 3.05) is 7.05 Å². The van der Waals surface area contributed by atoms with E-state index < -0.39 is 10.8 Å². The fourth-order valence-electron chi connectivity index (χ4n) is 3.90. The summed E-state index contributed by atoms with van der Waals surface area (Å²) < 4.78 is 1.30. The third-order valence-electron chi connectivity index (χ3n) is 5.02. The number of amides is 1. The zero-order chi connectivity index (χ0) is 16.0. The highest BCUT2D eigenvalue weighted by molar-refractivity contribution is 5.97. The maximum atomic E-state index is 12.5. The van der Waals surface area contributed by atoms with E-state index in [0.717, 1.165) is 12.8 Å². The quantitative estimate of drug-likeness (QED) is 0.664. The SMILES string of the molecule is Cc1nn(C)c(C(=O)NC2CC3CCC(C2)N3C)c1[N+](=O)[O-]. The predicted molar refractivity (Wildman–Crippen MR) is 79.7 cm³/mol. The molecule has 2 atom stereocenters. The van der Waals surface area contributed by atoms with Crippen LogP contribution in [-0.4, -0.2) is 50.7 Å². The Kier molecular flexibility index (Phi) is 3.64. The molecule has 1 amide bonds. The summed E-state index contributed by atoms with van der Waals surface area (Å²) in [6, 6.07) is 1.09. The van der Waals surface area contributed by atoms with Crippen LogP contribution in [0.3, 0.4) is 0 Å². The van der Waals surface area contributed by atoms with E-state index in [2.05, 4.69) is 22.4 Å². The molecule has 0 spiro atoms. The Morgan fingerprint density at radius 2 is 1.91 bits per heavy atom. The van der Waals surface area contributed by atoms with Crippen molar-refractivity contribution in [3.05, 3.63) is 21.5 Å². The maximum absolute atomic E-state index is 12.5. The highest BCUT2D eigenvalue weighted by Gasteiger charge is 2.40. The Morgan fingerprint density at radius 1 is 1.32 bits per heavy atom. The fraction of sp³-hybridized carbons (Fsp3) is 0.714. The lowest BCUT2D eigenvalue weighted by Crippen LogP contribution is -2.49. The van der Waals surface area contributed by atoms with Crippen molar-refractivity contribution in [2.45, 2.75) is 50.7 Å². The van der Waals surface area contributed by atoms with Crippen LogP contribution in [0.2, 0.25) is 0 Å². The topological polar surface area (TPSA) is 93.3 Å². The van der Waals surface area contributed by atoms with Gasteiger partial charge in [0.05, 0.1) is 4.92 Å². The van der Waals surface area contributed by atoms with Crippen molar-refractivity contribution < 1.29 is 9.72 Å². The van der Waals surface area contributed by atoms with Crippen molar-refractivity contribution in [1.29, 1.82) is 0 Å². The molecular weight excluding hydrogens is 286 g/mol. The van der Waals surface area contributed by atoms with Crippen molar-refractivity contribution in [1.82, 2.24) is 20.0 Å². The predicted octanol–water partition coefficient (Wildman–Crippen LogP) is 0.992.